The molecule has 0 fully saturated rings. The molecule has 13 aromatic rings. The van der Waals surface area contributed by atoms with Crippen LogP contribution in [0.1, 0.15) is 0 Å². The summed E-state index contributed by atoms with van der Waals surface area (Å²) in [4.78, 5) is 15.3. The van der Waals surface area contributed by atoms with Gasteiger partial charge in [-0.2, -0.15) is 0 Å². The highest BCUT2D eigenvalue weighted by molar-refractivity contribution is 6.39. The van der Waals surface area contributed by atoms with Crippen LogP contribution in [-0.2, 0) is 0 Å². The van der Waals surface area contributed by atoms with Crippen LogP contribution in [0.15, 0.2) is 217 Å². The number of nitrogens with zero attached hydrogens (tertiary/aromatic N) is 5. The summed E-state index contributed by atoms with van der Waals surface area (Å²) in [5, 5.41) is 6.83. The van der Waals surface area contributed by atoms with Crippen LogP contribution in [0, 0.1) is 0 Å². The van der Waals surface area contributed by atoms with E-state index < -0.39 is 0 Å². The second-order valence-electron chi connectivity index (χ2n) is 15.9. The molecule has 4 heterocycles. The van der Waals surface area contributed by atoms with Gasteiger partial charge in [0.15, 0.2) is 23.1 Å². The summed E-state index contributed by atoms with van der Waals surface area (Å²) < 4.78 is 12.0. The summed E-state index contributed by atoms with van der Waals surface area (Å²) in [5.74, 6) is 1.84. The van der Waals surface area contributed by atoms with Crippen molar-refractivity contribution in [2.75, 3.05) is 0 Å². The van der Waals surface area contributed by atoms with Crippen molar-refractivity contribution in [2.24, 2.45) is 0 Å². The molecule has 13 rings (SSSR count). The number of rotatable bonds is 6. The van der Waals surface area contributed by atoms with E-state index >= 15 is 0 Å². The zero-order valence-electron chi connectivity index (χ0n) is 33.9. The van der Waals surface area contributed by atoms with Gasteiger partial charge in [0.2, 0.25) is 0 Å². The first kappa shape index (κ1) is 35.2. The molecule has 0 N–H and O–H groups in total. The van der Waals surface area contributed by atoms with Gasteiger partial charge in [0, 0.05) is 60.3 Å². The maximum atomic E-state index is 7.12. The first-order valence-corrected chi connectivity index (χ1v) is 21.2. The Bertz CT molecular complexity index is 3830. The van der Waals surface area contributed by atoms with Gasteiger partial charge in [0.1, 0.15) is 5.58 Å². The molecule has 9 aromatic carbocycles. The average molecular weight is 806 g/mol. The summed E-state index contributed by atoms with van der Waals surface area (Å²) in [6.45, 7) is 0. The molecule has 0 saturated heterocycles. The van der Waals surface area contributed by atoms with Gasteiger partial charge in [-0.15, -0.1) is 0 Å². The third kappa shape index (κ3) is 5.41. The lowest BCUT2D eigenvalue weighted by Gasteiger charge is -2.16. The quantitative estimate of drug-likeness (QED) is 0.168. The molecule has 294 valence electrons. The molecule has 0 aliphatic carbocycles. The number of para-hydroxylation sites is 4. The lowest BCUT2D eigenvalue weighted by atomic mass is 9.99. The van der Waals surface area contributed by atoms with Gasteiger partial charge < -0.3 is 13.6 Å². The fourth-order valence-corrected chi connectivity index (χ4v) is 9.64. The van der Waals surface area contributed by atoms with Crippen molar-refractivity contribution in [1.29, 1.82) is 0 Å². The van der Waals surface area contributed by atoms with E-state index in [-0.39, 0.29) is 0 Å². The second kappa shape index (κ2) is 14.0. The van der Waals surface area contributed by atoms with Crippen LogP contribution in [0.25, 0.3) is 122 Å². The van der Waals surface area contributed by atoms with Crippen LogP contribution in [-0.4, -0.2) is 24.1 Å². The number of fused-ring (bicyclic) bond motifs is 12. The van der Waals surface area contributed by atoms with Gasteiger partial charge in [-0.3, -0.25) is 0 Å². The summed E-state index contributed by atoms with van der Waals surface area (Å²) in [6.07, 6.45) is 0. The highest BCUT2D eigenvalue weighted by atomic mass is 16.3. The van der Waals surface area contributed by atoms with E-state index in [1.165, 1.54) is 10.8 Å². The molecule has 0 bridgehead atoms. The molecule has 0 saturated carbocycles. The molecule has 6 nitrogen and oxygen atoms in total. The van der Waals surface area contributed by atoms with Crippen molar-refractivity contribution >= 4 is 65.6 Å². The molecule has 0 atom stereocenters. The fraction of sp³-hybridized carbons (Fsp3) is 0. The largest absolute Gasteiger partial charge is 0.454 e. The van der Waals surface area contributed by atoms with Gasteiger partial charge in [0.05, 0.1) is 27.8 Å². The zero-order chi connectivity index (χ0) is 41.4. The second-order valence-corrected chi connectivity index (χ2v) is 15.9. The summed E-state index contributed by atoms with van der Waals surface area (Å²) in [7, 11) is 0. The van der Waals surface area contributed by atoms with E-state index in [0.29, 0.717) is 17.5 Å². The maximum Gasteiger partial charge on any atom is 0.164 e. The maximum absolute atomic E-state index is 7.12. The van der Waals surface area contributed by atoms with Crippen molar-refractivity contribution in [3.8, 4) is 56.7 Å². The highest BCUT2D eigenvalue weighted by Gasteiger charge is 2.28. The SMILES string of the molecule is c1ccc(-c2nc(-c3ccccc3)nc(-c3ccc(-n4c5ccccc5c5c4c4oc6ccccc6c4c4c6ccccc6n(-c6ccccc6)c45)c(-c4ccccc4)c3)n2)cc1. The first-order valence-electron chi connectivity index (χ1n) is 21.2. The number of hydrogen-bond acceptors (Lipinski definition) is 4. The molecule has 0 aliphatic heterocycles. The molecular weight excluding hydrogens is 771 g/mol. The lowest BCUT2D eigenvalue weighted by molar-refractivity contribution is 0.671. The minimum absolute atomic E-state index is 0.599. The minimum Gasteiger partial charge on any atom is -0.454 e. The Hall–Kier alpha value is -8.61. The Labute approximate surface area is 361 Å². The molecule has 0 radical (unpaired) electrons. The van der Waals surface area contributed by atoms with Gasteiger partial charge in [-0.25, -0.2) is 15.0 Å². The van der Waals surface area contributed by atoms with Gasteiger partial charge in [-0.05, 0) is 54.1 Å². The lowest BCUT2D eigenvalue weighted by Crippen LogP contribution is -2.02. The molecular formula is C57H35N5O. The van der Waals surface area contributed by atoms with Crippen LogP contribution in [0.5, 0.6) is 0 Å². The van der Waals surface area contributed by atoms with Crippen molar-refractivity contribution in [3.05, 3.63) is 212 Å². The molecule has 4 aromatic heterocycles. The number of furan rings is 1. The van der Waals surface area contributed by atoms with E-state index in [2.05, 4.69) is 161 Å². The number of aromatic nitrogens is 5. The molecule has 0 aliphatic rings. The van der Waals surface area contributed by atoms with Crippen LogP contribution in [0.3, 0.4) is 0 Å². The standard InChI is InChI=1S/C57H35N5O/c1-5-19-36(20-6-1)44-35-39(57-59-55(37-21-7-2-8-22-37)58-56(60-57)38-23-9-3-10-24-38)33-34-47(44)62-46-31-17-14-28-42(46)51-52-49(50-43-29-15-18-32-48(43)63-54(50)53(51)62)41-27-13-16-30-45(41)61(52)40-25-11-4-12-26-40/h1-35H. The predicted molar refractivity (Wildman–Crippen MR) is 258 cm³/mol. The minimum atomic E-state index is 0.599. The number of hydrogen-bond donors (Lipinski definition) is 0. The van der Waals surface area contributed by atoms with Crippen molar-refractivity contribution in [1.82, 2.24) is 24.1 Å². The Morgan fingerprint density at radius 1 is 0.349 bits per heavy atom. The molecule has 6 heteroatoms. The van der Waals surface area contributed by atoms with E-state index in [0.717, 1.165) is 94.0 Å². The smallest absolute Gasteiger partial charge is 0.164 e. The van der Waals surface area contributed by atoms with E-state index in [9.17, 15) is 0 Å². The topological polar surface area (TPSA) is 61.7 Å². The third-order valence-corrected chi connectivity index (χ3v) is 12.3. The zero-order valence-corrected chi connectivity index (χ0v) is 33.9. The van der Waals surface area contributed by atoms with Crippen molar-refractivity contribution < 1.29 is 4.42 Å². The highest BCUT2D eigenvalue weighted by Crippen LogP contribution is 2.50. The third-order valence-electron chi connectivity index (χ3n) is 12.3. The van der Waals surface area contributed by atoms with Gasteiger partial charge in [0.25, 0.3) is 0 Å². The van der Waals surface area contributed by atoms with E-state index in [4.69, 9.17) is 19.4 Å². The van der Waals surface area contributed by atoms with Crippen LogP contribution in [0.2, 0.25) is 0 Å². The monoisotopic (exact) mass is 805 g/mol. The molecule has 0 amide bonds. The predicted octanol–water partition coefficient (Wildman–Crippen LogP) is 14.6. The Balaban J connectivity index is 1.17. The van der Waals surface area contributed by atoms with Crippen LogP contribution >= 0.6 is 0 Å². The van der Waals surface area contributed by atoms with Gasteiger partial charge in [-0.1, -0.05) is 164 Å². The summed E-state index contributed by atoms with van der Waals surface area (Å²) >= 11 is 0. The van der Waals surface area contributed by atoms with E-state index in [1.807, 2.05) is 60.7 Å². The summed E-state index contributed by atoms with van der Waals surface area (Å²) in [6, 6.07) is 74.2. The molecule has 63 heavy (non-hydrogen) atoms. The van der Waals surface area contributed by atoms with Crippen LogP contribution < -0.4 is 0 Å². The van der Waals surface area contributed by atoms with E-state index in [1.54, 1.807) is 0 Å². The average Bonchev–Trinajstić information content (AvgIpc) is 4.03. The van der Waals surface area contributed by atoms with Crippen molar-refractivity contribution in [3.63, 3.8) is 0 Å². The summed E-state index contributed by atoms with van der Waals surface area (Å²) in [5.41, 5.74) is 13.1. The fourth-order valence-electron chi connectivity index (χ4n) is 9.64. The van der Waals surface area contributed by atoms with Crippen molar-refractivity contribution in [2.45, 2.75) is 0 Å². The van der Waals surface area contributed by atoms with Crippen LogP contribution in [0.4, 0.5) is 0 Å². The Morgan fingerprint density at radius 2 is 0.841 bits per heavy atom. The Morgan fingerprint density at radius 3 is 1.48 bits per heavy atom. The number of benzene rings is 9. The Kier molecular flexibility index (Phi) is 7.80. The molecule has 0 unspecified atom stereocenters. The first-order chi connectivity index (χ1) is 31.3. The van der Waals surface area contributed by atoms with Gasteiger partial charge >= 0.3 is 0 Å². The normalized spacial score (nSPS) is 11.8. The molecule has 0 spiro atoms.